The number of ether oxygens (including phenoxy) is 1. The first-order chi connectivity index (χ1) is 14.9. The van der Waals surface area contributed by atoms with Crippen LogP contribution in [0.25, 0.3) is 22.4 Å². The lowest BCUT2D eigenvalue weighted by Gasteiger charge is -2.13. The number of nitrogens with one attached hydrogen (secondary N) is 2. The molecule has 0 fully saturated rings. The minimum atomic E-state index is -0.938. The maximum atomic E-state index is 12.6. The molecule has 0 spiro atoms. The molecule has 4 aromatic rings. The van der Waals surface area contributed by atoms with Crippen molar-refractivity contribution < 1.29 is 14.3 Å². The van der Waals surface area contributed by atoms with Crippen molar-refractivity contribution in [1.82, 2.24) is 9.97 Å². The number of H-pyrrole nitrogens is 1. The van der Waals surface area contributed by atoms with Crippen LogP contribution in [0, 0.1) is 10.5 Å². The van der Waals surface area contributed by atoms with Gasteiger partial charge in [-0.2, -0.15) is 0 Å². The third-order valence-electron chi connectivity index (χ3n) is 4.81. The van der Waals surface area contributed by atoms with Crippen molar-refractivity contribution in [3.05, 3.63) is 81.4 Å². The Morgan fingerprint density at radius 3 is 2.45 bits per heavy atom. The zero-order valence-corrected chi connectivity index (χ0v) is 19.1. The lowest BCUT2D eigenvalue weighted by molar-refractivity contribution is -0.123. The number of hydrogen-bond donors (Lipinski definition) is 2. The molecule has 1 amide bonds. The van der Waals surface area contributed by atoms with Crippen LogP contribution in [0.15, 0.2) is 66.7 Å². The Morgan fingerprint density at radius 2 is 1.74 bits per heavy atom. The molecule has 4 rings (SSSR count). The molecule has 1 heterocycles. The molecule has 0 aliphatic heterocycles. The molecule has 0 saturated heterocycles. The van der Waals surface area contributed by atoms with Crippen molar-refractivity contribution in [2.45, 2.75) is 20.0 Å². The van der Waals surface area contributed by atoms with Crippen molar-refractivity contribution in [1.29, 1.82) is 0 Å². The molecule has 3 aromatic carbocycles. The summed E-state index contributed by atoms with van der Waals surface area (Å²) in [6.07, 6.45) is -0.938. The van der Waals surface area contributed by atoms with Crippen LogP contribution in [0.1, 0.15) is 22.8 Å². The highest BCUT2D eigenvalue weighted by Gasteiger charge is 2.20. The highest BCUT2D eigenvalue weighted by atomic mass is 127. The SMILES string of the molecule is Cc1ccc(-c2nc3ccc(C(=O)OC(C)C(=O)Nc4ccc(I)cc4)cc3[nH]2)cc1. The fraction of sp³-hybridized carbons (Fsp3) is 0.125. The molecule has 0 aliphatic rings. The van der Waals surface area contributed by atoms with Crippen LogP contribution in [0.3, 0.4) is 0 Å². The van der Waals surface area contributed by atoms with E-state index >= 15 is 0 Å². The van der Waals surface area contributed by atoms with Crippen molar-refractivity contribution in [2.75, 3.05) is 5.32 Å². The average molecular weight is 525 g/mol. The molecule has 2 N–H and O–H groups in total. The number of carbonyl (C=O) groups excluding carboxylic acids is 2. The number of aromatic nitrogens is 2. The van der Waals surface area contributed by atoms with Gasteiger partial charge in [-0.25, -0.2) is 9.78 Å². The van der Waals surface area contributed by atoms with Gasteiger partial charge in [0.05, 0.1) is 16.6 Å². The Kier molecular flexibility index (Phi) is 6.03. The number of carbonyl (C=O) groups is 2. The first kappa shape index (κ1) is 21.0. The largest absolute Gasteiger partial charge is 0.449 e. The third-order valence-corrected chi connectivity index (χ3v) is 5.53. The van der Waals surface area contributed by atoms with E-state index in [0.29, 0.717) is 11.3 Å². The molecule has 0 saturated carbocycles. The van der Waals surface area contributed by atoms with Crippen LogP contribution in [-0.2, 0) is 9.53 Å². The number of rotatable bonds is 5. The van der Waals surface area contributed by atoms with E-state index in [9.17, 15) is 9.59 Å². The Bertz CT molecular complexity index is 1250. The zero-order valence-electron chi connectivity index (χ0n) is 17.0. The molecular weight excluding hydrogens is 505 g/mol. The fourth-order valence-corrected chi connectivity index (χ4v) is 3.40. The number of nitrogens with zero attached hydrogens (tertiary/aromatic N) is 1. The summed E-state index contributed by atoms with van der Waals surface area (Å²) in [6.45, 7) is 3.58. The van der Waals surface area contributed by atoms with E-state index in [-0.39, 0.29) is 5.91 Å². The van der Waals surface area contributed by atoms with Crippen LogP contribution < -0.4 is 5.32 Å². The Morgan fingerprint density at radius 1 is 1.03 bits per heavy atom. The van der Waals surface area contributed by atoms with Gasteiger partial charge < -0.3 is 15.0 Å². The van der Waals surface area contributed by atoms with Gasteiger partial charge in [0.25, 0.3) is 5.91 Å². The van der Waals surface area contributed by atoms with Crippen molar-refractivity contribution in [3.63, 3.8) is 0 Å². The topological polar surface area (TPSA) is 84.1 Å². The van der Waals surface area contributed by atoms with Gasteiger partial charge >= 0.3 is 5.97 Å². The normalized spacial score (nSPS) is 11.8. The van der Waals surface area contributed by atoms with E-state index in [2.05, 4.69) is 37.9 Å². The van der Waals surface area contributed by atoms with Gasteiger partial charge in [0, 0.05) is 14.8 Å². The van der Waals surface area contributed by atoms with E-state index in [0.717, 1.165) is 26.0 Å². The summed E-state index contributed by atoms with van der Waals surface area (Å²) in [4.78, 5) is 32.8. The monoisotopic (exact) mass is 525 g/mol. The molecule has 156 valence electrons. The summed E-state index contributed by atoms with van der Waals surface area (Å²) >= 11 is 2.19. The van der Waals surface area contributed by atoms with Crippen LogP contribution in [-0.4, -0.2) is 27.9 Å². The molecule has 1 atom stereocenters. The molecule has 31 heavy (non-hydrogen) atoms. The van der Waals surface area contributed by atoms with E-state index in [1.165, 1.54) is 5.56 Å². The van der Waals surface area contributed by atoms with Gasteiger partial charge in [-0.15, -0.1) is 0 Å². The second kappa shape index (κ2) is 8.89. The predicted molar refractivity (Wildman–Crippen MR) is 129 cm³/mol. The Hall–Kier alpha value is -3.20. The van der Waals surface area contributed by atoms with Gasteiger partial charge in [-0.05, 0) is 78.9 Å². The standard InChI is InChI=1S/C24H20IN3O3/c1-14-3-5-16(6-4-14)22-27-20-12-7-17(13-21(20)28-22)24(30)31-15(2)23(29)26-19-10-8-18(25)9-11-19/h3-13,15H,1-2H3,(H,26,29)(H,27,28). The van der Waals surface area contributed by atoms with Crippen molar-refractivity contribution in [3.8, 4) is 11.4 Å². The van der Waals surface area contributed by atoms with Crippen molar-refractivity contribution >= 4 is 51.2 Å². The molecule has 6 nitrogen and oxygen atoms in total. The van der Waals surface area contributed by atoms with E-state index in [1.54, 1.807) is 37.3 Å². The van der Waals surface area contributed by atoms with E-state index in [1.807, 2.05) is 43.3 Å². The molecule has 1 aromatic heterocycles. The zero-order chi connectivity index (χ0) is 22.0. The summed E-state index contributed by atoms with van der Waals surface area (Å²) < 4.78 is 6.43. The molecular formula is C24H20IN3O3. The Balaban J connectivity index is 1.46. The number of imidazole rings is 1. The number of anilines is 1. The van der Waals surface area contributed by atoms with Gasteiger partial charge in [0.2, 0.25) is 0 Å². The highest BCUT2D eigenvalue weighted by Crippen LogP contribution is 2.22. The predicted octanol–water partition coefficient (Wildman–Crippen LogP) is 5.33. The number of aromatic amines is 1. The van der Waals surface area contributed by atoms with Crippen molar-refractivity contribution in [2.24, 2.45) is 0 Å². The summed E-state index contributed by atoms with van der Waals surface area (Å²) in [5, 5.41) is 2.75. The highest BCUT2D eigenvalue weighted by molar-refractivity contribution is 14.1. The number of benzene rings is 3. The van der Waals surface area contributed by atoms with Crippen LogP contribution in [0.5, 0.6) is 0 Å². The molecule has 7 heteroatoms. The first-order valence-electron chi connectivity index (χ1n) is 9.73. The maximum absolute atomic E-state index is 12.6. The Labute approximate surface area is 193 Å². The minimum absolute atomic E-state index is 0.348. The van der Waals surface area contributed by atoms with E-state index in [4.69, 9.17) is 4.74 Å². The number of aryl methyl sites for hydroxylation is 1. The summed E-state index contributed by atoms with van der Waals surface area (Å²) in [5.41, 5.74) is 4.60. The number of amides is 1. The van der Waals surface area contributed by atoms with Gasteiger partial charge in [-0.3, -0.25) is 4.79 Å². The van der Waals surface area contributed by atoms with Gasteiger partial charge in [0.1, 0.15) is 5.82 Å². The third kappa shape index (κ3) is 4.93. The van der Waals surface area contributed by atoms with Gasteiger partial charge in [-0.1, -0.05) is 29.8 Å². The number of halogens is 1. The average Bonchev–Trinajstić information content (AvgIpc) is 3.19. The smallest absolute Gasteiger partial charge is 0.338 e. The lowest BCUT2D eigenvalue weighted by Crippen LogP contribution is -2.30. The quantitative estimate of drug-likeness (QED) is 0.273. The van der Waals surface area contributed by atoms with Crippen LogP contribution >= 0.6 is 22.6 Å². The number of hydrogen-bond acceptors (Lipinski definition) is 4. The molecule has 0 radical (unpaired) electrons. The first-order valence-corrected chi connectivity index (χ1v) is 10.8. The molecule has 1 unspecified atom stereocenters. The lowest BCUT2D eigenvalue weighted by atomic mass is 10.1. The summed E-state index contributed by atoms with van der Waals surface area (Å²) in [6, 6.07) is 20.5. The molecule has 0 aliphatic carbocycles. The summed E-state index contributed by atoms with van der Waals surface area (Å²) in [5.74, 6) is -0.233. The minimum Gasteiger partial charge on any atom is -0.449 e. The maximum Gasteiger partial charge on any atom is 0.338 e. The number of esters is 1. The molecule has 0 bridgehead atoms. The van der Waals surface area contributed by atoms with Gasteiger partial charge in [0.15, 0.2) is 6.10 Å². The summed E-state index contributed by atoms with van der Waals surface area (Å²) in [7, 11) is 0. The fourth-order valence-electron chi connectivity index (χ4n) is 3.04. The second-order valence-corrected chi connectivity index (χ2v) is 8.47. The van der Waals surface area contributed by atoms with Crippen LogP contribution in [0.2, 0.25) is 0 Å². The van der Waals surface area contributed by atoms with E-state index < -0.39 is 12.1 Å². The van der Waals surface area contributed by atoms with Crippen LogP contribution in [0.4, 0.5) is 5.69 Å². The second-order valence-electron chi connectivity index (χ2n) is 7.23. The number of fused-ring (bicyclic) bond motifs is 1.